The quantitative estimate of drug-likeness (QED) is 0.873. The molecular weight excluding hydrogens is 230 g/mol. The van der Waals surface area contributed by atoms with Gasteiger partial charge in [-0.15, -0.1) is 0 Å². The maximum absolute atomic E-state index is 10.9. The first-order valence-electron chi connectivity index (χ1n) is 5.96. The molecule has 4 nitrogen and oxygen atoms in total. The Kier molecular flexibility index (Phi) is 4.59. The number of carboxylic acids is 1. The van der Waals surface area contributed by atoms with E-state index >= 15 is 0 Å². The standard InChI is InChI=1S/C14H21NO3/c1-9-6-10(2)13(12(7-9)18-5)15(4)8-11(3)14(16)17/h6-7,11H,8H2,1-5H3,(H,16,17). The van der Waals surface area contributed by atoms with Gasteiger partial charge in [-0.25, -0.2) is 0 Å². The summed E-state index contributed by atoms with van der Waals surface area (Å²) in [6, 6.07) is 4.03. The van der Waals surface area contributed by atoms with Crippen LogP contribution in [0.1, 0.15) is 18.1 Å². The van der Waals surface area contributed by atoms with E-state index in [0.29, 0.717) is 6.54 Å². The Morgan fingerprint density at radius 1 is 1.44 bits per heavy atom. The van der Waals surface area contributed by atoms with E-state index in [0.717, 1.165) is 22.6 Å². The minimum Gasteiger partial charge on any atom is -0.495 e. The van der Waals surface area contributed by atoms with Crippen LogP contribution in [0.15, 0.2) is 12.1 Å². The molecule has 0 amide bonds. The van der Waals surface area contributed by atoms with Crippen molar-refractivity contribution in [1.29, 1.82) is 0 Å². The lowest BCUT2D eigenvalue weighted by Crippen LogP contribution is -2.29. The number of hydrogen-bond donors (Lipinski definition) is 1. The number of anilines is 1. The fourth-order valence-electron chi connectivity index (χ4n) is 2.15. The van der Waals surface area contributed by atoms with Gasteiger partial charge in [-0.3, -0.25) is 4.79 Å². The fraction of sp³-hybridized carbons (Fsp3) is 0.500. The topological polar surface area (TPSA) is 49.8 Å². The van der Waals surface area contributed by atoms with Crippen molar-refractivity contribution in [2.24, 2.45) is 5.92 Å². The molecule has 100 valence electrons. The Morgan fingerprint density at radius 2 is 2.06 bits per heavy atom. The van der Waals surface area contributed by atoms with Gasteiger partial charge < -0.3 is 14.7 Å². The van der Waals surface area contributed by atoms with E-state index in [1.165, 1.54) is 0 Å². The molecule has 0 aliphatic carbocycles. The summed E-state index contributed by atoms with van der Waals surface area (Å²) in [7, 11) is 3.52. The number of aliphatic carboxylic acids is 1. The summed E-state index contributed by atoms with van der Waals surface area (Å²) in [6.07, 6.45) is 0. The Bertz CT molecular complexity index is 443. The lowest BCUT2D eigenvalue weighted by molar-refractivity contribution is -0.140. The van der Waals surface area contributed by atoms with Gasteiger partial charge in [-0.05, 0) is 31.0 Å². The molecule has 1 atom stereocenters. The van der Waals surface area contributed by atoms with Crippen LogP contribution in [0.4, 0.5) is 5.69 Å². The molecule has 0 radical (unpaired) electrons. The normalized spacial score (nSPS) is 12.1. The van der Waals surface area contributed by atoms with Gasteiger partial charge in [0, 0.05) is 13.6 Å². The Balaban J connectivity index is 3.04. The Hall–Kier alpha value is -1.71. The number of methoxy groups -OCH3 is 1. The van der Waals surface area contributed by atoms with Crippen molar-refractivity contribution < 1.29 is 14.6 Å². The van der Waals surface area contributed by atoms with Crippen molar-refractivity contribution in [2.45, 2.75) is 20.8 Å². The van der Waals surface area contributed by atoms with E-state index in [1.54, 1.807) is 14.0 Å². The molecule has 18 heavy (non-hydrogen) atoms. The summed E-state index contributed by atoms with van der Waals surface area (Å²) in [5.41, 5.74) is 3.18. The number of carboxylic acid groups (broad SMARTS) is 1. The van der Waals surface area contributed by atoms with Crippen LogP contribution in [0.25, 0.3) is 0 Å². The molecule has 0 spiro atoms. The maximum atomic E-state index is 10.9. The average molecular weight is 251 g/mol. The van der Waals surface area contributed by atoms with Crippen molar-refractivity contribution in [3.8, 4) is 5.75 Å². The minimum atomic E-state index is -0.786. The minimum absolute atomic E-state index is 0.416. The molecule has 1 N–H and O–H groups in total. The fourth-order valence-corrected chi connectivity index (χ4v) is 2.15. The number of nitrogens with zero attached hydrogens (tertiary/aromatic N) is 1. The summed E-state index contributed by atoms with van der Waals surface area (Å²) >= 11 is 0. The van der Waals surface area contributed by atoms with Gasteiger partial charge in [0.15, 0.2) is 0 Å². The third-order valence-electron chi connectivity index (χ3n) is 2.98. The maximum Gasteiger partial charge on any atom is 0.308 e. The SMILES string of the molecule is COc1cc(C)cc(C)c1N(C)CC(C)C(=O)O. The van der Waals surface area contributed by atoms with E-state index in [4.69, 9.17) is 9.84 Å². The molecule has 1 aromatic carbocycles. The van der Waals surface area contributed by atoms with Gasteiger partial charge in [0.2, 0.25) is 0 Å². The van der Waals surface area contributed by atoms with Gasteiger partial charge in [-0.2, -0.15) is 0 Å². The third kappa shape index (κ3) is 3.15. The zero-order chi connectivity index (χ0) is 13.9. The van der Waals surface area contributed by atoms with Crippen LogP contribution >= 0.6 is 0 Å². The summed E-state index contributed by atoms with van der Waals surface area (Å²) in [4.78, 5) is 12.8. The first-order chi connectivity index (χ1) is 8.36. The van der Waals surface area contributed by atoms with Crippen LogP contribution in [-0.2, 0) is 4.79 Å². The lowest BCUT2D eigenvalue weighted by Gasteiger charge is -2.25. The van der Waals surface area contributed by atoms with Gasteiger partial charge in [0.1, 0.15) is 5.75 Å². The lowest BCUT2D eigenvalue weighted by atomic mass is 10.1. The molecule has 0 aromatic heterocycles. The van der Waals surface area contributed by atoms with Crippen molar-refractivity contribution in [3.63, 3.8) is 0 Å². The predicted molar refractivity (Wildman–Crippen MR) is 72.5 cm³/mol. The second kappa shape index (κ2) is 5.76. The number of rotatable bonds is 5. The molecule has 1 rings (SSSR count). The summed E-state index contributed by atoms with van der Waals surface area (Å²) in [6.45, 7) is 6.18. The zero-order valence-electron chi connectivity index (χ0n) is 11.7. The molecule has 0 aliphatic rings. The number of aryl methyl sites for hydroxylation is 2. The first-order valence-corrected chi connectivity index (χ1v) is 5.96. The predicted octanol–water partition coefficient (Wildman–Crippen LogP) is 2.47. The van der Waals surface area contributed by atoms with E-state index in [1.807, 2.05) is 31.9 Å². The number of carbonyl (C=O) groups is 1. The van der Waals surface area contributed by atoms with Crippen LogP contribution in [0.5, 0.6) is 5.75 Å². The highest BCUT2D eigenvalue weighted by atomic mass is 16.5. The van der Waals surface area contributed by atoms with E-state index in [2.05, 4.69) is 6.07 Å². The Morgan fingerprint density at radius 3 is 2.56 bits per heavy atom. The van der Waals surface area contributed by atoms with Crippen molar-refractivity contribution in [3.05, 3.63) is 23.3 Å². The van der Waals surface area contributed by atoms with Crippen LogP contribution < -0.4 is 9.64 Å². The molecule has 0 saturated heterocycles. The molecule has 0 heterocycles. The van der Waals surface area contributed by atoms with Crippen LogP contribution in [0.2, 0.25) is 0 Å². The molecule has 0 fully saturated rings. The van der Waals surface area contributed by atoms with E-state index < -0.39 is 11.9 Å². The zero-order valence-corrected chi connectivity index (χ0v) is 11.7. The van der Waals surface area contributed by atoms with Gasteiger partial charge >= 0.3 is 5.97 Å². The van der Waals surface area contributed by atoms with Crippen molar-refractivity contribution in [1.82, 2.24) is 0 Å². The third-order valence-corrected chi connectivity index (χ3v) is 2.98. The molecule has 0 aliphatic heterocycles. The highest BCUT2D eigenvalue weighted by Gasteiger charge is 2.18. The van der Waals surface area contributed by atoms with Crippen LogP contribution in [0.3, 0.4) is 0 Å². The molecule has 1 unspecified atom stereocenters. The smallest absolute Gasteiger partial charge is 0.308 e. The van der Waals surface area contributed by atoms with Crippen molar-refractivity contribution >= 4 is 11.7 Å². The molecule has 0 saturated carbocycles. The summed E-state index contributed by atoms with van der Waals surface area (Å²) < 4.78 is 5.38. The van der Waals surface area contributed by atoms with Gasteiger partial charge in [0.25, 0.3) is 0 Å². The number of benzene rings is 1. The van der Waals surface area contributed by atoms with Crippen LogP contribution in [-0.4, -0.2) is 31.8 Å². The molecule has 1 aromatic rings. The number of ether oxygens (including phenoxy) is 1. The summed E-state index contributed by atoms with van der Waals surface area (Å²) in [5, 5.41) is 8.96. The first kappa shape index (κ1) is 14.4. The molecular formula is C14H21NO3. The van der Waals surface area contributed by atoms with Gasteiger partial charge in [-0.1, -0.05) is 13.0 Å². The van der Waals surface area contributed by atoms with Gasteiger partial charge in [0.05, 0.1) is 18.7 Å². The highest BCUT2D eigenvalue weighted by molar-refractivity contribution is 5.71. The second-order valence-electron chi connectivity index (χ2n) is 4.75. The van der Waals surface area contributed by atoms with Crippen molar-refractivity contribution in [2.75, 3.05) is 25.6 Å². The van der Waals surface area contributed by atoms with Crippen LogP contribution in [0, 0.1) is 19.8 Å². The Labute approximate surface area is 108 Å². The van der Waals surface area contributed by atoms with E-state index in [-0.39, 0.29) is 0 Å². The molecule has 4 heteroatoms. The largest absolute Gasteiger partial charge is 0.495 e. The number of hydrogen-bond acceptors (Lipinski definition) is 3. The van der Waals surface area contributed by atoms with E-state index in [9.17, 15) is 4.79 Å². The summed E-state index contributed by atoms with van der Waals surface area (Å²) in [5.74, 6) is -0.418. The average Bonchev–Trinajstić information content (AvgIpc) is 2.27. The molecule has 0 bridgehead atoms. The second-order valence-corrected chi connectivity index (χ2v) is 4.75. The highest BCUT2D eigenvalue weighted by Crippen LogP contribution is 2.32. The monoisotopic (exact) mass is 251 g/mol.